The minimum Gasteiger partial charge on any atom is -0.386 e. The Morgan fingerprint density at radius 3 is 3.00 bits per heavy atom. The number of carbonyl (C=O) groups is 1. The third-order valence-electron chi connectivity index (χ3n) is 4.96. The van der Waals surface area contributed by atoms with Crippen LogP contribution in [0.2, 0.25) is 0 Å². The highest BCUT2D eigenvalue weighted by Gasteiger charge is 2.34. The van der Waals surface area contributed by atoms with Crippen molar-refractivity contribution >= 4 is 11.7 Å². The second-order valence-electron chi connectivity index (χ2n) is 6.97. The van der Waals surface area contributed by atoms with Gasteiger partial charge in [0.15, 0.2) is 0 Å². The van der Waals surface area contributed by atoms with Gasteiger partial charge in [-0.15, -0.1) is 0 Å². The maximum absolute atomic E-state index is 12.2. The normalized spacial score (nSPS) is 25.5. The van der Waals surface area contributed by atoms with Crippen LogP contribution in [0.3, 0.4) is 0 Å². The van der Waals surface area contributed by atoms with Gasteiger partial charge in [0.05, 0.1) is 5.60 Å². The molecule has 2 aliphatic heterocycles. The first kappa shape index (κ1) is 17.2. The number of aromatic nitrogens is 1. The molecule has 0 unspecified atom stereocenters. The van der Waals surface area contributed by atoms with E-state index in [4.69, 9.17) is 4.74 Å². The summed E-state index contributed by atoms with van der Waals surface area (Å²) in [7, 11) is 0. The van der Waals surface area contributed by atoms with Gasteiger partial charge in [-0.05, 0) is 43.7 Å². The summed E-state index contributed by atoms with van der Waals surface area (Å²) in [5.74, 6) is 1.32. The van der Waals surface area contributed by atoms with Crippen molar-refractivity contribution in [1.82, 2.24) is 10.3 Å². The predicted molar refractivity (Wildman–Crippen MR) is 91.8 cm³/mol. The van der Waals surface area contributed by atoms with Crippen molar-refractivity contribution in [3.05, 3.63) is 24.4 Å². The second-order valence-corrected chi connectivity index (χ2v) is 6.97. The molecule has 6 heteroatoms. The van der Waals surface area contributed by atoms with Gasteiger partial charge in [-0.25, -0.2) is 4.98 Å². The number of piperidine rings is 1. The molecule has 0 aliphatic carbocycles. The number of nitrogens with one attached hydrogen (secondary N) is 1. The van der Waals surface area contributed by atoms with Crippen LogP contribution in [0.15, 0.2) is 24.4 Å². The Hall–Kier alpha value is -1.66. The summed E-state index contributed by atoms with van der Waals surface area (Å²) >= 11 is 0. The maximum atomic E-state index is 12.2. The molecule has 132 valence electrons. The Balaban J connectivity index is 1.49. The molecule has 0 aromatic carbocycles. The molecule has 0 radical (unpaired) electrons. The van der Waals surface area contributed by atoms with Gasteiger partial charge in [-0.1, -0.05) is 6.07 Å². The van der Waals surface area contributed by atoms with E-state index in [2.05, 4.69) is 15.2 Å². The van der Waals surface area contributed by atoms with E-state index in [9.17, 15) is 9.90 Å². The molecule has 2 N–H and O–H groups in total. The van der Waals surface area contributed by atoms with E-state index in [1.54, 1.807) is 6.20 Å². The SMILES string of the molecule is O=C(CC1CCOCC1)NC[C@]1(O)CCCN(c2ccccn2)C1. The first-order chi connectivity index (χ1) is 11.6. The number of amides is 1. The highest BCUT2D eigenvalue weighted by molar-refractivity contribution is 5.76. The fourth-order valence-electron chi connectivity index (χ4n) is 3.54. The van der Waals surface area contributed by atoms with E-state index in [1.807, 2.05) is 18.2 Å². The van der Waals surface area contributed by atoms with E-state index in [1.165, 1.54) is 0 Å². The fraction of sp³-hybridized carbons (Fsp3) is 0.667. The smallest absolute Gasteiger partial charge is 0.220 e. The van der Waals surface area contributed by atoms with Gasteiger partial charge >= 0.3 is 0 Å². The second kappa shape index (κ2) is 7.94. The highest BCUT2D eigenvalue weighted by Crippen LogP contribution is 2.24. The van der Waals surface area contributed by atoms with Crippen LogP contribution in [0.5, 0.6) is 0 Å². The summed E-state index contributed by atoms with van der Waals surface area (Å²) in [6.45, 7) is 3.19. The molecule has 6 nitrogen and oxygen atoms in total. The Morgan fingerprint density at radius 2 is 2.25 bits per heavy atom. The van der Waals surface area contributed by atoms with Gasteiger partial charge in [0.25, 0.3) is 0 Å². The van der Waals surface area contributed by atoms with E-state index in [0.29, 0.717) is 31.8 Å². The summed E-state index contributed by atoms with van der Waals surface area (Å²) in [6.07, 6.45) is 5.79. The van der Waals surface area contributed by atoms with Crippen molar-refractivity contribution in [2.45, 2.75) is 37.7 Å². The van der Waals surface area contributed by atoms with Crippen LogP contribution in [0.1, 0.15) is 32.1 Å². The maximum Gasteiger partial charge on any atom is 0.220 e. The molecule has 1 atom stereocenters. The molecule has 1 aromatic rings. The molecule has 3 rings (SSSR count). The van der Waals surface area contributed by atoms with Crippen LogP contribution < -0.4 is 10.2 Å². The number of rotatable bonds is 5. The van der Waals surface area contributed by atoms with Crippen LogP contribution >= 0.6 is 0 Å². The first-order valence-corrected chi connectivity index (χ1v) is 8.87. The summed E-state index contributed by atoms with van der Waals surface area (Å²) < 4.78 is 5.32. The monoisotopic (exact) mass is 333 g/mol. The molecule has 24 heavy (non-hydrogen) atoms. The minimum atomic E-state index is -0.888. The van der Waals surface area contributed by atoms with Gasteiger partial charge in [-0.3, -0.25) is 4.79 Å². The fourth-order valence-corrected chi connectivity index (χ4v) is 3.54. The molecule has 2 saturated heterocycles. The Kier molecular flexibility index (Phi) is 5.68. The lowest BCUT2D eigenvalue weighted by atomic mass is 9.92. The largest absolute Gasteiger partial charge is 0.386 e. The van der Waals surface area contributed by atoms with Crippen LogP contribution in [0.4, 0.5) is 5.82 Å². The van der Waals surface area contributed by atoms with Crippen LogP contribution in [0, 0.1) is 5.92 Å². The number of pyridine rings is 1. The Morgan fingerprint density at radius 1 is 1.42 bits per heavy atom. The van der Waals surface area contributed by atoms with Crippen molar-refractivity contribution in [3.63, 3.8) is 0 Å². The summed E-state index contributed by atoms with van der Waals surface area (Å²) in [4.78, 5) is 18.6. The third kappa shape index (κ3) is 4.68. The van der Waals surface area contributed by atoms with Crippen LogP contribution in [-0.4, -0.2) is 54.4 Å². The molecule has 0 bridgehead atoms. The molecule has 2 aliphatic rings. The summed E-state index contributed by atoms with van der Waals surface area (Å²) in [5.41, 5.74) is -0.888. The van der Waals surface area contributed by atoms with Crippen molar-refractivity contribution in [1.29, 1.82) is 0 Å². The highest BCUT2D eigenvalue weighted by atomic mass is 16.5. The minimum absolute atomic E-state index is 0.0327. The number of hydrogen-bond donors (Lipinski definition) is 2. The van der Waals surface area contributed by atoms with Gasteiger partial charge in [0, 0.05) is 45.5 Å². The molecule has 3 heterocycles. The molecular weight excluding hydrogens is 306 g/mol. The van der Waals surface area contributed by atoms with E-state index < -0.39 is 5.60 Å². The lowest BCUT2D eigenvalue weighted by Crippen LogP contribution is -2.54. The number of β-amino-alcohol motifs (C(OH)–C–C–N with tert-alkyl or cyclic N) is 1. The number of carbonyl (C=O) groups excluding carboxylic acids is 1. The zero-order valence-corrected chi connectivity index (χ0v) is 14.1. The Bertz CT molecular complexity index is 534. The molecule has 0 spiro atoms. The average molecular weight is 333 g/mol. The van der Waals surface area contributed by atoms with Crippen LogP contribution in [-0.2, 0) is 9.53 Å². The molecule has 2 fully saturated rings. The van der Waals surface area contributed by atoms with Crippen molar-refractivity contribution in [2.75, 3.05) is 37.7 Å². The van der Waals surface area contributed by atoms with Crippen molar-refractivity contribution in [3.8, 4) is 0 Å². The molecule has 1 amide bonds. The summed E-state index contributed by atoms with van der Waals surface area (Å²) in [5, 5.41) is 13.8. The van der Waals surface area contributed by atoms with Crippen molar-refractivity contribution in [2.24, 2.45) is 5.92 Å². The van der Waals surface area contributed by atoms with Gasteiger partial charge in [-0.2, -0.15) is 0 Å². The number of anilines is 1. The molecule has 0 saturated carbocycles. The predicted octanol–water partition coefficient (Wildman–Crippen LogP) is 1.35. The van der Waals surface area contributed by atoms with E-state index >= 15 is 0 Å². The van der Waals surface area contributed by atoms with E-state index in [-0.39, 0.29) is 5.91 Å². The number of ether oxygens (including phenoxy) is 1. The average Bonchev–Trinajstić information content (AvgIpc) is 2.62. The lowest BCUT2D eigenvalue weighted by Gasteiger charge is -2.40. The zero-order valence-electron chi connectivity index (χ0n) is 14.1. The number of nitrogens with zero attached hydrogens (tertiary/aromatic N) is 2. The molecule has 1 aromatic heterocycles. The Labute approximate surface area is 143 Å². The quantitative estimate of drug-likeness (QED) is 0.851. The summed E-state index contributed by atoms with van der Waals surface area (Å²) in [6, 6.07) is 5.79. The number of aliphatic hydroxyl groups is 1. The van der Waals surface area contributed by atoms with Gasteiger partial charge < -0.3 is 20.1 Å². The molecular formula is C18H27N3O3. The van der Waals surface area contributed by atoms with Gasteiger partial charge in [0.2, 0.25) is 5.91 Å². The van der Waals surface area contributed by atoms with Gasteiger partial charge in [0.1, 0.15) is 5.82 Å². The topological polar surface area (TPSA) is 74.7 Å². The van der Waals surface area contributed by atoms with E-state index in [0.717, 1.165) is 44.8 Å². The third-order valence-corrected chi connectivity index (χ3v) is 4.96. The number of hydrogen-bond acceptors (Lipinski definition) is 5. The van der Waals surface area contributed by atoms with Crippen LogP contribution in [0.25, 0.3) is 0 Å². The zero-order chi connectivity index (χ0) is 16.8. The lowest BCUT2D eigenvalue weighted by molar-refractivity contribution is -0.124. The standard InChI is InChI=1S/C18H27N3O3/c22-17(12-15-5-10-24-11-6-15)20-13-18(23)7-3-9-21(14-18)16-4-1-2-8-19-16/h1-2,4,8,15,23H,3,5-7,9-14H2,(H,20,22)/t18-/m1/s1. The first-order valence-electron chi connectivity index (χ1n) is 8.87. The van der Waals surface area contributed by atoms with Crippen molar-refractivity contribution < 1.29 is 14.6 Å².